The Balaban J connectivity index is 1.42. The van der Waals surface area contributed by atoms with Gasteiger partial charge in [0.25, 0.3) is 5.91 Å². The number of piperazine rings is 1. The van der Waals surface area contributed by atoms with Gasteiger partial charge in [-0.25, -0.2) is 9.97 Å². The summed E-state index contributed by atoms with van der Waals surface area (Å²) in [5.41, 5.74) is 8.00. The molecular weight excluding hydrogens is 484 g/mol. The summed E-state index contributed by atoms with van der Waals surface area (Å²) < 4.78 is 0.829. The smallest absolute Gasteiger partial charge is 0.253 e. The number of nitrogens with one attached hydrogen (secondary N) is 1. The number of hydrogen-bond donors (Lipinski definition) is 2. The van der Waals surface area contributed by atoms with Gasteiger partial charge in [0.1, 0.15) is 0 Å². The van der Waals surface area contributed by atoms with Gasteiger partial charge in [0.05, 0.1) is 10.2 Å². The van der Waals surface area contributed by atoms with Crippen LogP contribution in [0.2, 0.25) is 0 Å². The van der Waals surface area contributed by atoms with Gasteiger partial charge in [0.15, 0.2) is 0 Å². The maximum Gasteiger partial charge on any atom is 0.253 e. The lowest BCUT2D eigenvalue weighted by molar-refractivity contribution is -0.124. The zero-order valence-corrected chi connectivity index (χ0v) is 20.6. The second-order valence-corrected chi connectivity index (χ2v) is 9.90. The SMILES string of the molecule is CN1CCN(C(=O)c2ccc(Nc3ncc(Br)c(C[C@@H]4CCCC[C@@H]4C(N)=O)n3)cc2)CC1. The van der Waals surface area contributed by atoms with Crippen molar-refractivity contribution in [3.8, 4) is 0 Å². The number of halogens is 1. The summed E-state index contributed by atoms with van der Waals surface area (Å²) in [6, 6.07) is 7.42. The van der Waals surface area contributed by atoms with E-state index >= 15 is 0 Å². The molecule has 0 bridgehead atoms. The van der Waals surface area contributed by atoms with Crippen molar-refractivity contribution in [2.45, 2.75) is 32.1 Å². The number of benzene rings is 1. The minimum absolute atomic E-state index is 0.0633. The van der Waals surface area contributed by atoms with E-state index in [-0.39, 0.29) is 23.7 Å². The van der Waals surface area contributed by atoms with E-state index in [1.807, 2.05) is 29.2 Å². The van der Waals surface area contributed by atoms with E-state index in [9.17, 15) is 9.59 Å². The Hall–Kier alpha value is -2.52. The van der Waals surface area contributed by atoms with Crippen molar-refractivity contribution in [2.24, 2.45) is 17.6 Å². The average Bonchev–Trinajstić information content (AvgIpc) is 2.82. The van der Waals surface area contributed by atoms with Crippen LogP contribution < -0.4 is 11.1 Å². The lowest BCUT2D eigenvalue weighted by Crippen LogP contribution is -2.47. The molecule has 1 aromatic heterocycles. The Labute approximate surface area is 203 Å². The van der Waals surface area contributed by atoms with E-state index < -0.39 is 0 Å². The predicted octanol–water partition coefficient (Wildman–Crippen LogP) is 3.20. The highest BCUT2D eigenvalue weighted by Gasteiger charge is 2.30. The summed E-state index contributed by atoms with van der Waals surface area (Å²) >= 11 is 3.55. The molecule has 2 atom stereocenters. The number of rotatable bonds is 6. The van der Waals surface area contributed by atoms with Crippen LogP contribution in [-0.2, 0) is 11.2 Å². The molecule has 9 heteroatoms. The maximum atomic E-state index is 12.7. The van der Waals surface area contributed by atoms with Crippen molar-refractivity contribution in [1.29, 1.82) is 0 Å². The number of nitrogens with two attached hydrogens (primary N) is 1. The number of anilines is 2. The summed E-state index contributed by atoms with van der Waals surface area (Å²) in [6.07, 6.45) is 6.42. The van der Waals surface area contributed by atoms with E-state index in [4.69, 9.17) is 10.7 Å². The van der Waals surface area contributed by atoms with E-state index in [1.54, 1.807) is 6.20 Å². The second-order valence-electron chi connectivity index (χ2n) is 9.04. The molecule has 4 rings (SSSR count). The van der Waals surface area contributed by atoms with Crippen molar-refractivity contribution >= 4 is 39.4 Å². The molecule has 1 aliphatic carbocycles. The van der Waals surface area contributed by atoms with Gasteiger partial charge < -0.3 is 20.9 Å². The Morgan fingerprint density at radius 1 is 1.12 bits per heavy atom. The third kappa shape index (κ3) is 5.89. The number of nitrogens with zero attached hydrogens (tertiary/aromatic N) is 4. The summed E-state index contributed by atoms with van der Waals surface area (Å²) in [6.45, 7) is 3.30. The molecule has 1 saturated carbocycles. The monoisotopic (exact) mass is 514 g/mol. The molecule has 2 aliphatic rings. The van der Waals surface area contributed by atoms with Crippen LogP contribution in [0.15, 0.2) is 34.9 Å². The minimum atomic E-state index is -0.213. The van der Waals surface area contributed by atoms with Gasteiger partial charge in [0, 0.05) is 49.5 Å². The Kier molecular flexibility index (Phi) is 7.60. The van der Waals surface area contributed by atoms with Gasteiger partial charge in [-0.3, -0.25) is 9.59 Å². The lowest BCUT2D eigenvalue weighted by Gasteiger charge is -2.32. The highest BCUT2D eigenvalue weighted by molar-refractivity contribution is 9.10. The first-order valence-electron chi connectivity index (χ1n) is 11.6. The predicted molar refractivity (Wildman–Crippen MR) is 131 cm³/mol. The van der Waals surface area contributed by atoms with Crippen LogP contribution in [0, 0.1) is 11.8 Å². The van der Waals surface area contributed by atoms with Crippen LogP contribution >= 0.6 is 15.9 Å². The Morgan fingerprint density at radius 3 is 2.52 bits per heavy atom. The van der Waals surface area contributed by atoms with Crippen LogP contribution in [0.4, 0.5) is 11.6 Å². The fraction of sp³-hybridized carbons (Fsp3) is 0.500. The van der Waals surface area contributed by atoms with Crippen molar-refractivity contribution in [3.63, 3.8) is 0 Å². The highest BCUT2D eigenvalue weighted by Crippen LogP contribution is 2.33. The van der Waals surface area contributed by atoms with Gasteiger partial charge >= 0.3 is 0 Å². The van der Waals surface area contributed by atoms with Gasteiger partial charge in [-0.2, -0.15) is 0 Å². The van der Waals surface area contributed by atoms with E-state index in [1.165, 1.54) is 0 Å². The summed E-state index contributed by atoms with van der Waals surface area (Å²) in [7, 11) is 2.07. The van der Waals surface area contributed by atoms with Gasteiger partial charge in [-0.05, 0) is 72.4 Å². The first-order chi connectivity index (χ1) is 15.9. The zero-order valence-electron chi connectivity index (χ0n) is 19.0. The Bertz CT molecular complexity index is 991. The van der Waals surface area contributed by atoms with Crippen LogP contribution in [0.5, 0.6) is 0 Å². The highest BCUT2D eigenvalue weighted by atomic mass is 79.9. The number of carbonyl (C=O) groups excluding carboxylic acids is 2. The molecule has 33 heavy (non-hydrogen) atoms. The largest absolute Gasteiger partial charge is 0.369 e. The molecule has 1 aliphatic heterocycles. The molecule has 2 aromatic rings. The van der Waals surface area contributed by atoms with Crippen LogP contribution in [0.1, 0.15) is 41.7 Å². The van der Waals surface area contributed by atoms with Crippen LogP contribution in [0.25, 0.3) is 0 Å². The van der Waals surface area contributed by atoms with E-state index in [0.717, 1.165) is 67.7 Å². The molecule has 2 fully saturated rings. The van der Waals surface area contributed by atoms with Crippen LogP contribution in [-0.4, -0.2) is 64.8 Å². The fourth-order valence-corrected chi connectivity index (χ4v) is 5.05. The summed E-state index contributed by atoms with van der Waals surface area (Å²) in [5.74, 6) is 0.443. The molecule has 3 N–H and O–H groups in total. The number of aromatic nitrogens is 2. The van der Waals surface area contributed by atoms with Gasteiger partial charge in [-0.15, -0.1) is 0 Å². The molecule has 0 radical (unpaired) electrons. The van der Waals surface area contributed by atoms with Gasteiger partial charge in [0.2, 0.25) is 11.9 Å². The number of carbonyl (C=O) groups is 2. The van der Waals surface area contributed by atoms with E-state index in [0.29, 0.717) is 17.9 Å². The number of hydrogen-bond acceptors (Lipinski definition) is 6. The zero-order chi connectivity index (χ0) is 23.4. The molecule has 0 unspecified atom stereocenters. The first-order valence-corrected chi connectivity index (χ1v) is 12.4. The topological polar surface area (TPSA) is 104 Å². The second kappa shape index (κ2) is 10.6. The Morgan fingerprint density at radius 2 is 1.82 bits per heavy atom. The quantitative estimate of drug-likeness (QED) is 0.613. The molecule has 2 amide bonds. The number of primary amides is 1. The van der Waals surface area contributed by atoms with Crippen molar-refractivity contribution in [3.05, 3.63) is 46.2 Å². The van der Waals surface area contributed by atoms with Gasteiger partial charge in [-0.1, -0.05) is 12.8 Å². The lowest BCUT2D eigenvalue weighted by atomic mass is 9.76. The number of likely N-dealkylation sites (N-methyl/N-ethyl adjacent to an activating group) is 1. The van der Waals surface area contributed by atoms with Crippen molar-refractivity contribution in [1.82, 2.24) is 19.8 Å². The summed E-state index contributed by atoms with van der Waals surface area (Å²) in [4.78, 5) is 37.8. The third-order valence-electron chi connectivity index (χ3n) is 6.73. The maximum absolute atomic E-state index is 12.7. The molecular formula is C24H31BrN6O2. The van der Waals surface area contributed by atoms with Crippen LogP contribution in [0.3, 0.4) is 0 Å². The fourth-order valence-electron chi connectivity index (χ4n) is 4.70. The molecule has 1 aromatic carbocycles. The number of amides is 2. The standard InChI is InChI=1S/C24H31BrN6O2/c1-30-10-12-31(13-11-30)23(33)16-6-8-18(9-7-16)28-24-27-15-20(25)21(29-24)14-17-4-2-3-5-19(17)22(26)32/h6-9,15,17,19H,2-5,10-14H2,1H3,(H2,26,32)(H,27,28,29)/t17-,19-/m0/s1. The average molecular weight is 515 g/mol. The minimum Gasteiger partial charge on any atom is -0.369 e. The molecule has 1 saturated heterocycles. The third-order valence-corrected chi connectivity index (χ3v) is 7.39. The normalized spacial score (nSPS) is 21.6. The molecule has 0 spiro atoms. The molecule has 8 nitrogen and oxygen atoms in total. The van der Waals surface area contributed by atoms with Crippen molar-refractivity contribution < 1.29 is 9.59 Å². The molecule has 176 valence electrons. The van der Waals surface area contributed by atoms with E-state index in [2.05, 4.69) is 38.2 Å². The first kappa shape index (κ1) is 23.6. The molecule has 2 heterocycles. The summed E-state index contributed by atoms with van der Waals surface area (Å²) in [5, 5.41) is 3.23. The van der Waals surface area contributed by atoms with Crippen molar-refractivity contribution in [2.75, 3.05) is 38.5 Å².